The zero-order chi connectivity index (χ0) is 25.9. The number of sulfonamides is 2. The number of amides is 1. The van der Waals surface area contributed by atoms with Crippen LogP contribution in [0, 0.1) is 0 Å². The lowest BCUT2D eigenvalue weighted by molar-refractivity contribution is 0.0789. The summed E-state index contributed by atoms with van der Waals surface area (Å²) in [7, 11) is -7.93. The Balaban J connectivity index is 1.54. The first-order chi connectivity index (χ1) is 17.1. The summed E-state index contributed by atoms with van der Waals surface area (Å²) in [6.07, 6.45) is 3.69. The molecule has 0 spiro atoms. The third kappa shape index (κ3) is 5.97. The number of carbonyl (C=O) groups is 1. The first-order valence-corrected chi connectivity index (χ1v) is 15.5. The zero-order valence-electron chi connectivity index (χ0n) is 19.3. The van der Waals surface area contributed by atoms with Crippen molar-refractivity contribution in [3.63, 3.8) is 0 Å². The van der Waals surface area contributed by atoms with E-state index in [0.717, 1.165) is 12.8 Å². The van der Waals surface area contributed by atoms with Crippen molar-refractivity contribution in [3.05, 3.63) is 77.3 Å². The van der Waals surface area contributed by atoms with Crippen LogP contribution in [0.2, 0.25) is 5.02 Å². The molecule has 1 heterocycles. The smallest absolute Gasteiger partial charge is 0.261 e. The van der Waals surface area contributed by atoms with Crippen LogP contribution >= 0.6 is 23.4 Å². The van der Waals surface area contributed by atoms with Gasteiger partial charge in [0.05, 0.1) is 21.0 Å². The maximum atomic E-state index is 13.1. The van der Waals surface area contributed by atoms with E-state index in [1.54, 1.807) is 29.2 Å². The highest BCUT2D eigenvalue weighted by Gasteiger charge is 2.25. The Bertz CT molecular complexity index is 1490. The number of rotatable bonds is 8. The third-order valence-corrected chi connectivity index (χ3v) is 9.41. The fourth-order valence-corrected chi connectivity index (χ4v) is 6.69. The summed E-state index contributed by atoms with van der Waals surface area (Å²) in [5.41, 5.74) is 0.833. The molecule has 12 heteroatoms. The summed E-state index contributed by atoms with van der Waals surface area (Å²) in [4.78, 5) is 15.3. The molecule has 1 fully saturated rings. The van der Waals surface area contributed by atoms with Crippen molar-refractivity contribution in [3.8, 4) is 0 Å². The number of nitrogens with one attached hydrogen (secondary N) is 2. The number of benzene rings is 3. The second-order valence-corrected chi connectivity index (χ2v) is 12.8. The van der Waals surface area contributed by atoms with Gasteiger partial charge in [0.25, 0.3) is 26.0 Å². The lowest BCUT2D eigenvalue weighted by Crippen LogP contribution is -2.28. The first-order valence-electron chi connectivity index (χ1n) is 11.0. The molecule has 0 saturated carbocycles. The van der Waals surface area contributed by atoms with E-state index in [1.165, 1.54) is 54.2 Å². The summed E-state index contributed by atoms with van der Waals surface area (Å²) in [6, 6.07) is 16.1. The molecule has 3 aromatic rings. The highest BCUT2D eigenvalue weighted by molar-refractivity contribution is 7.98. The molecule has 0 atom stereocenters. The van der Waals surface area contributed by atoms with E-state index in [2.05, 4.69) is 9.44 Å². The van der Waals surface area contributed by atoms with Crippen LogP contribution in [0.25, 0.3) is 0 Å². The first kappa shape index (κ1) is 26.3. The number of nitrogens with zero attached hydrogens (tertiary/aromatic N) is 1. The maximum Gasteiger partial charge on any atom is 0.261 e. The number of carbonyl (C=O) groups excluding carboxylic acids is 1. The van der Waals surface area contributed by atoms with Crippen LogP contribution in [0.5, 0.6) is 0 Å². The summed E-state index contributed by atoms with van der Waals surface area (Å²) in [6.45, 7) is 1.31. The molecule has 2 N–H and O–H groups in total. The minimum atomic E-state index is -4.03. The minimum Gasteiger partial charge on any atom is -0.339 e. The SMILES string of the molecule is CSc1ccc(S(=O)(=O)Nc2ccc(S(=O)(=O)Nc3cccc(Cl)c3)cc2)cc1C(=O)N1CCCC1. The van der Waals surface area contributed by atoms with Gasteiger partial charge in [0, 0.05) is 28.7 Å². The van der Waals surface area contributed by atoms with Gasteiger partial charge < -0.3 is 4.90 Å². The van der Waals surface area contributed by atoms with Crippen molar-refractivity contribution in [2.24, 2.45) is 0 Å². The van der Waals surface area contributed by atoms with E-state index >= 15 is 0 Å². The fraction of sp³-hybridized carbons (Fsp3) is 0.208. The molecule has 8 nitrogen and oxygen atoms in total. The molecule has 190 valence electrons. The van der Waals surface area contributed by atoms with E-state index in [-0.39, 0.29) is 21.4 Å². The number of anilines is 2. The maximum absolute atomic E-state index is 13.1. The van der Waals surface area contributed by atoms with Gasteiger partial charge in [-0.2, -0.15) is 0 Å². The predicted octanol–water partition coefficient (Wildman–Crippen LogP) is 4.90. The Hall–Kier alpha value is -2.73. The molecule has 1 saturated heterocycles. The van der Waals surface area contributed by atoms with Crippen molar-refractivity contribution in [2.75, 3.05) is 28.8 Å². The average molecular weight is 566 g/mol. The minimum absolute atomic E-state index is 0.0479. The summed E-state index contributed by atoms with van der Waals surface area (Å²) >= 11 is 7.29. The van der Waals surface area contributed by atoms with Crippen LogP contribution in [-0.2, 0) is 20.0 Å². The molecule has 0 aromatic heterocycles. The van der Waals surface area contributed by atoms with Crippen LogP contribution in [-0.4, -0.2) is 47.0 Å². The van der Waals surface area contributed by atoms with Gasteiger partial charge in [-0.25, -0.2) is 16.8 Å². The number of halogens is 1. The number of thioether (sulfide) groups is 1. The molecular weight excluding hydrogens is 542 g/mol. The van der Waals surface area contributed by atoms with E-state index in [1.807, 2.05) is 6.26 Å². The summed E-state index contributed by atoms with van der Waals surface area (Å²) in [5.74, 6) is -0.185. The Morgan fingerprint density at radius 2 is 1.44 bits per heavy atom. The number of likely N-dealkylation sites (tertiary alicyclic amines) is 1. The topological polar surface area (TPSA) is 113 Å². The fourth-order valence-electron chi connectivity index (χ4n) is 3.79. The molecule has 1 amide bonds. The van der Waals surface area contributed by atoms with E-state index in [4.69, 9.17) is 11.6 Å². The Morgan fingerprint density at radius 1 is 0.833 bits per heavy atom. The Kier molecular flexibility index (Phi) is 7.84. The van der Waals surface area contributed by atoms with Gasteiger partial charge in [0.15, 0.2) is 0 Å². The summed E-state index contributed by atoms with van der Waals surface area (Å²) < 4.78 is 56.4. The molecular formula is C24H24ClN3O5S3. The van der Waals surface area contributed by atoms with Crippen molar-refractivity contribution < 1.29 is 21.6 Å². The highest BCUT2D eigenvalue weighted by atomic mass is 35.5. The van der Waals surface area contributed by atoms with Crippen LogP contribution in [0.15, 0.2) is 81.4 Å². The Labute approximate surface area is 220 Å². The predicted molar refractivity (Wildman–Crippen MR) is 143 cm³/mol. The number of hydrogen-bond donors (Lipinski definition) is 2. The van der Waals surface area contributed by atoms with Crippen molar-refractivity contribution in [2.45, 2.75) is 27.5 Å². The van der Waals surface area contributed by atoms with Crippen LogP contribution in [0.3, 0.4) is 0 Å². The van der Waals surface area contributed by atoms with Crippen molar-refractivity contribution in [1.82, 2.24) is 4.90 Å². The van der Waals surface area contributed by atoms with Gasteiger partial charge in [-0.3, -0.25) is 14.2 Å². The second-order valence-electron chi connectivity index (χ2n) is 8.11. The van der Waals surface area contributed by atoms with Gasteiger partial charge in [-0.05, 0) is 79.8 Å². The number of hydrogen-bond acceptors (Lipinski definition) is 6. The largest absolute Gasteiger partial charge is 0.339 e. The van der Waals surface area contributed by atoms with E-state index < -0.39 is 20.0 Å². The highest BCUT2D eigenvalue weighted by Crippen LogP contribution is 2.28. The van der Waals surface area contributed by atoms with Gasteiger partial charge in [0.2, 0.25) is 0 Å². The monoisotopic (exact) mass is 565 g/mol. The molecule has 0 radical (unpaired) electrons. The van der Waals surface area contributed by atoms with Gasteiger partial charge in [-0.1, -0.05) is 17.7 Å². The van der Waals surface area contributed by atoms with Gasteiger partial charge in [0.1, 0.15) is 0 Å². The molecule has 36 heavy (non-hydrogen) atoms. The standard InChI is InChI=1S/C24H24ClN3O5S3/c1-34-23-12-11-21(16-22(23)24(29)28-13-2-3-14-28)36(32,33)26-18-7-9-20(10-8-18)35(30,31)27-19-6-4-5-17(25)15-19/h4-12,15-16,26-27H,2-3,13-14H2,1H3. The quantitative estimate of drug-likeness (QED) is 0.376. The molecule has 4 rings (SSSR count). The van der Waals surface area contributed by atoms with Gasteiger partial charge >= 0.3 is 0 Å². The normalized spacial score (nSPS) is 14.0. The third-order valence-electron chi connectivity index (χ3n) is 5.60. The zero-order valence-corrected chi connectivity index (χ0v) is 22.5. The molecule has 0 aliphatic carbocycles. The molecule has 1 aliphatic heterocycles. The van der Waals surface area contributed by atoms with E-state index in [0.29, 0.717) is 34.3 Å². The lowest BCUT2D eigenvalue weighted by Gasteiger charge is -2.18. The average Bonchev–Trinajstić information content (AvgIpc) is 3.38. The van der Waals surface area contributed by atoms with Gasteiger partial charge in [-0.15, -0.1) is 11.8 Å². The van der Waals surface area contributed by atoms with Crippen LogP contribution < -0.4 is 9.44 Å². The molecule has 3 aromatic carbocycles. The summed E-state index contributed by atoms with van der Waals surface area (Å²) in [5, 5.41) is 0.385. The second kappa shape index (κ2) is 10.7. The Morgan fingerprint density at radius 3 is 2.08 bits per heavy atom. The molecule has 0 bridgehead atoms. The van der Waals surface area contributed by atoms with Crippen LogP contribution in [0.1, 0.15) is 23.2 Å². The van der Waals surface area contributed by atoms with Crippen molar-refractivity contribution in [1.29, 1.82) is 0 Å². The van der Waals surface area contributed by atoms with Crippen molar-refractivity contribution >= 4 is 60.7 Å². The van der Waals surface area contributed by atoms with Crippen LogP contribution in [0.4, 0.5) is 11.4 Å². The lowest BCUT2D eigenvalue weighted by atomic mass is 10.2. The molecule has 1 aliphatic rings. The van der Waals surface area contributed by atoms with E-state index in [9.17, 15) is 21.6 Å². The molecule has 0 unspecified atom stereocenters.